The minimum Gasteiger partial charge on any atom is -0.387 e. The summed E-state index contributed by atoms with van der Waals surface area (Å²) in [5.41, 5.74) is -1.96. The topological polar surface area (TPSA) is 331 Å². The third-order valence-electron chi connectivity index (χ3n) is 3.55. The number of ether oxygens (including phenoxy) is 1. The van der Waals surface area contributed by atoms with Crippen LogP contribution >= 0.6 is 31.3 Å². The molecule has 2 rings (SSSR count). The fourth-order valence-corrected chi connectivity index (χ4v) is 6.90. The number of H-pyrrole nitrogens is 1. The first kappa shape index (κ1) is 29.3. The van der Waals surface area contributed by atoms with Gasteiger partial charge in [-0.25, -0.2) is 23.1 Å². The summed E-state index contributed by atoms with van der Waals surface area (Å²) < 4.78 is 65.0. The summed E-state index contributed by atoms with van der Waals surface area (Å²) in [6, 6.07) is 0.828. The third kappa shape index (κ3) is 8.06. The fraction of sp³-hybridized carbons (Fsp3) is 0.556. The molecule has 9 N–H and O–H groups in total. The summed E-state index contributed by atoms with van der Waals surface area (Å²) in [7, 11) is -23.9. The minimum atomic E-state index is -6.17. The number of hydrogen-bond donors (Lipinski definition) is 9. The van der Waals surface area contributed by atoms with Gasteiger partial charge in [-0.3, -0.25) is 18.9 Å². The molecule has 8 atom stereocenters. The van der Waals surface area contributed by atoms with Gasteiger partial charge in [0.05, 0.1) is 0 Å². The largest absolute Gasteiger partial charge is 0.490 e. The highest BCUT2D eigenvalue weighted by Crippen LogP contribution is 2.70. The summed E-state index contributed by atoms with van der Waals surface area (Å²) in [4.78, 5) is 69.3. The second-order valence-corrected chi connectivity index (χ2v) is 12.1. The Hall–Kier alpha value is -0.920. The molecule has 2 heterocycles. The molecule has 25 heteroatoms. The molecule has 1 aliphatic rings. The van der Waals surface area contributed by atoms with Crippen LogP contribution in [-0.2, 0) is 40.5 Å². The van der Waals surface area contributed by atoms with Crippen molar-refractivity contribution < 1.29 is 80.2 Å². The number of aliphatic hydroxyl groups excluding tert-OH is 3. The van der Waals surface area contributed by atoms with Crippen LogP contribution in [0.5, 0.6) is 0 Å². The molecule has 196 valence electrons. The Morgan fingerprint density at radius 1 is 0.912 bits per heavy atom. The second-order valence-electron chi connectivity index (χ2n) is 6.13. The van der Waals surface area contributed by atoms with Crippen molar-refractivity contribution in [3.63, 3.8) is 0 Å². The molecular weight excluding hydrogens is 564 g/mol. The maximum Gasteiger partial charge on any atom is 0.490 e. The van der Waals surface area contributed by atoms with E-state index in [9.17, 15) is 53.0 Å². The molecule has 0 aliphatic carbocycles. The van der Waals surface area contributed by atoms with Gasteiger partial charge in [0.2, 0.25) is 0 Å². The Morgan fingerprint density at radius 2 is 1.44 bits per heavy atom. The number of hydrogen-bond acceptors (Lipinski definition) is 14. The highest BCUT2D eigenvalue weighted by atomic mass is 31.3. The zero-order valence-corrected chi connectivity index (χ0v) is 19.4. The van der Waals surface area contributed by atoms with Crippen LogP contribution in [0.15, 0.2) is 21.9 Å². The van der Waals surface area contributed by atoms with Gasteiger partial charge >= 0.3 is 37.0 Å². The Kier molecular flexibility index (Phi) is 8.81. The molecule has 1 aliphatic heterocycles. The lowest BCUT2D eigenvalue weighted by Gasteiger charge is -2.24. The van der Waals surface area contributed by atoms with Crippen LogP contribution in [-0.4, -0.2) is 73.9 Å². The molecule has 0 radical (unpaired) electrons. The van der Waals surface area contributed by atoms with Crippen LogP contribution < -0.4 is 11.2 Å². The van der Waals surface area contributed by atoms with Gasteiger partial charge < -0.3 is 44.5 Å². The lowest BCUT2D eigenvalue weighted by molar-refractivity contribution is -0.161. The molecule has 0 saturated carbocycles. The van der Waals surface area contributed by atoms with Gasteiger partial charge in [0.1, 0.15) is 18.3 Å². The standard InChI is InChI=1S/C9H16N2O19P4/c12-3-1-2-11(9(16)10-3)7-5(14)4(13)6(26-7)8(15)27-32(20,21)29-34(24,25)30-33(22,23)28-31(17,18)19/h1-2,4-8,13-15H,(H,20,21)(H,22,23)(H,24,25)(H,10,12,16)(H2,17,18,19)/t4-,5+,6-,7+,8?/m0/s1. The molecule has 4 unspecified atom stereocenters. The van der Waals surface area contributed by atoms with E-state index in [1.54, 1.807) is 4.98 Å². The molecule has 0 bridgehead atoms. The van der Waals surface area contributed by atoms with Crippen LogP contribution in [0.2, 0.25) is 0 Å². The molecule has 1 fully saturated rings. The van der Waals surface area contributed by atoms with Crippen LogP contribution in [0.4, 0.5) is 0 Å². The number of nitrogens with one attached hydrogen (secondary N) is 1. The van der Waals surface area contributed by atoms with Gasteiger partial charge in [0.25, 0.3) is 5.56 Å². The average molecular weight is 580 g/mol. The summed E-state index contributed by atoms with van der Waals surface area (Å²) in [5.74, 6) is 0. The molecule has 0 aromatic carbocycles. The molecular formula is C9H16N2O19P4. The van der Waals surface area contributed by atoms with Crippen molar-refractivity contribution in [1.82, 2.24) is 9.55 Å². The number of rotatable bonds is 10. The van der Waals surface area contributed by atoms with Crippen molar-refractivity contribution in [2.45, 2.75) is 30.8 Å². The Bertz CT molecular complexity index is 1200. The van der Waals surface area contributed by atoms with Gasteiger partial charge in [0, 0.05) is 12.3 Å². The number of phosphoric ester groups is 1. The molecule has 21 nitrogen and oxygen atoms in total. The first-order chi connectivity index (χ1) is 15.2. The monoisotopic (exact) mass is 580 g/mol. The van der Waals surface area contributed by atoms with Crippen molar-refractivity contribution in [3.05, 3.63) is 33.1 Å². The molecule has 0 spiro atoms. The van der Waals surface area contributed by atoms with E-state index in [-0.39, 0.29) is 0 Å². The lowest BCUT2D eigenvalue weighted by Crippen LogP contribution is -2.40. The SMILES string of the molecule is O=c1ccn([C@@H]2O[C@H](C(O)OP(=O)(O)OP(=O)(O)OP(=O)(O)OP(=O)(O)O)[C@@H](O)[C@H]2O)c(=O)[nH]1. The zero-order valence-electron chi connectivity index (χ0n) is 15.8. The van der Waals surface area contributed by atoms with Crippen LogP contribution in [0.3, 0.4) is 0 Å². The quantitative estimate of drug-likeness (QED) is 0.0979. The number of aliphatic hydroxyl groups is 3. The van der Waals surface area contributed by atoms with E-state index >= 15 is 0 Å². The Labute approximate surface area is 185 Å². The van der Waals surface area contributed by atoms with Crippen LogP contribution in [0, 0.1) is 0 Å². The summed E-state index contributed by atoms with van der Waals surface area (Å²) in [6.07, 6.45) is -9.96. The van der Waals surface area contributed by atoms with Crippen LogP contribution in [0.1, 0.15) is 6.23 Å². The second kappa shape index (κ2) is 10.2. The van der Waals surface area contributed by atoms with Gasteiger partial charge in [-0.05, 0) is 0 Å². The van der Waals surface area contributed by atoms with Gasteiger partial charge in [-0.15, -0.1) is 0 Å². The minimum absolute atomic E-state index is 0.562. The van der Waals surface area contributed by atoms with Gasteiger partial charge in [-0.1, -0.05) is 0 Å². The number of nitrogens with zero attached hydrogens (tertiary/aromatic N) is 1. The summed E-state index contributed by atoms with van der Waals surface area (Å²) >= 11 is 0. The van der Waals surface area contributed by atoms with Crippen molar-refractivity contribution in [1.29, 1.82) is 0 Å². The normalized spacial score (nSPS) is 29.6. The predicted molar refractivity (Wildman–Crippen MR) is 99.1 cm³/mol. The molecule has 1 aromatic rings. The molecule has 1 aromatic heterocycles. The molecule has 34 heavy (non-hydrogen) atoms. The molecule has 0 amide bonds. The maximum atomic E-state index is 11.9. The highest BCUT2D eigenvalue weighted by molar-refractivity contribution is 7.69. The average Bonchev–Trinajstić information content (AvgIpc) is 2.85. The summed E-state index contributed by atoms with van der Waals surface area (Å²) in [5, 5.41) is 29.9. The highest BCUT2D eigenvalue weighted by Gasteiger charge is 2.51. The van der Waals surface area contributed by atoms with Crippen LogP contribution in [0.25, 0.3) is 0 Å². The van der Waals surface area contributed by atoms with E-state index in [1.807, 2.05) is 0 Å². The zero-order chi connectivity index (χ0) is 26.3. The summed E-state index contributed by atoms with van der Waals surface area (Å²) in [6.45, 7) is 0. The van der Waals surface area contributed by atoms with Gasteiger partial charge in [-0.2, -0.15) is 12.9 Å². The lowest BCUT2D eigenvalue weighted by atomic mass is 10.1. The van der Waals surface area contributed by atoms with E-state index in [0.29, 0.717) is 4.57 Å². The van der Waals surface area contributed by atoms with E-state index in [2.05, 4.69) is 17.5 Å². The fourth-order valence-electron chi connectivity index (χ4n) is 2.42. The smallest absolute Gasteiger partial charge is 0.387 e. The van der Waals surface area contributed by atoms with Crippen molar-refractivity contribution in [2.24, 2.45) is 0 Å². The van der Waals surface area contributed by atoms with Crippen molar-refractivity contribution in [3.8, 4) is 0 Å². The molecule has 1 saturated heterocycles. The van der Waals surface area contributed by atoms with Crippen molar-refractivity contribution in [2.75, 3.05) is 0 Å². The Balaban J connectivity index is 2.12. The van der Waals surface area contributed by atoms with E-state index in [4.69, 9.17) is 19.4 Å². The maximum absolute atomic E-state index is 11.9. The number of aromatic amines is 1. The van der Waals surface area contributed by atoms with Gasteiger partial charge in [0.15, 0.2) is 12.5 Å². The predicted octanol–water partition coefficient (Wildman–Crippen LogP) is -3.07. The first-order valence-electron chi connectivity index (χ1n) is 8.09. The number of aromatic nitrogens is 2. The Morgan fingerprint density at radius 3 is 1.97 bits per heavy atom. The first-order valence-corrected chi connectivity index (χ1v) is 14.1. The third-order valence-corrected chi connectivity index (χ3v) is 9.01. The van der Waals surface area contributed by atoms with Crippen molar-refractivity contribution >= 4 is 31.3 Å². The number of phosphoric acid groups is 4. The van der Waals surface area contributed by atoms with E-state index < -0.39 is 73.4 Å². The van der Waals surface area contributed by atoms with E-state index in [0.717, 1.165) is 12.3 Å². The van der Waals surface area contributed by atoms with E-state index in [1.165, 1.54) is 0 Å².